The Kier molecular flexibility index (Phi) is 5.35. The quantitative estimate of drug-likeness (QED) is 0.647. The second kappa shape index (κ2) is 8.44. The number of fused-ring (bicyclic) bond motifs is 1. The summed E-state index contributed by atoms with van der Waals surface area (Å²) in [6.07, 6.45) is 13.1. The second-order valence-corrected chi connectivity index (χ2v) is 8.36. The topological polar surface area (TPSA) is 96.9 Å². The molecule has 0 N–H and O–H groups in total. The van der Waals surface area contributed by atoms with Crippen molar-refractivity contribution in [2.45, 2.75) is 44.7 Å². The van der Waals surface area contributed by atoms with E-state index in [2.05, 4.69) is 25.6 Å². The number of aromatic nitrogens is 4. The number of nitriles is 1. The average molecular weight is 416 g/mol. The van der Waals surface area contributed by atoms with Gasteiger partial charge in [-0.05, 0) is 43.7 Å². The van der Waals surface area contributed by atoms with Gasteiger partial charge >= 0.3 is 0 Å². The largest absolute Gasteiger partial charge is 0.346 e. The van der Waals surface area contributed by atoms with Gasteiger partial charge in [0.15, 0.2) is 0 Å². The third kappa shape index (κ3) is 3.89. The molecule has 1 atom stereocenters. The summed E-state index contributed by atoms with van der Waals surface area (Å²) in [5, 5.41) is 10.7. The lowest BCUT2D eigenvalue weighted by molar-refractivity contribution is -0.183. The van der Waals surface area contributed by atoms with E-state index in [9.17, 15) is 4.79 Å². The van der Waals surface area contributed by atoms with Gasteiger partial charge < -0.3 is 4.57 Å². The Morgan fingerprint density at radius 1 is 1.16 bits per heavy atom. The van der Waals surface area contributed by atoms with E-state index in [-0.39, 0.29) is 17.9 Å². The van der Waals surface area contributed by atoms with E-state index in [1.807, 2.05) is 18.3 Å². The summed E-state index contributed by atoms with van der Waals surface area (Å²) in [6, 6.07) is 5.90. The average Bonchev–Trinajstić information content (AvgIpc) is 3.47. The molecule has 8 heteroatoms. The Balaban J connectivity index is 1.22. The highest BCUT2D eigenvalue weighted by atomic mass is 16.7. The van der Waals surface area contributed by atoms with E-state index in [4.69, 9.17) is 10.1 Å². The smallest absolute Gasteiger partial charge is 0.249 e. The van der Waals surface area contributed by atoms with Gasteiger partial charge in [-0.2, -0.15) is 5.26 Å². The van der Waals surface area contributed by atoms with Crippen LogP contribution in [0.15, 0.2) is 43.1 Å². The van der Waals surface area contributed by atoms with E-state index in [0.717, 1.165) is 55.4 Å². The van der Waals surface area contributed by atoms with Crippen LogP contribution in [0.4, 0.5) is 0 Å². The molecule has 3 aromatic heterocycles. The zero-order chi connectivity index (χ0) is 21.2. The van der Waals surface area contributed by atoms with E-state index < -0.39 is 0 Å². The number of pyridine rings is 1. The molecule has 0 aromatic carbocycles. The van der Waals surface area contributed by atoms with Crippen molar-refractivity contribution < 1.29 is 9.63 Å². The number of amides is 1. The first kappa shape index (κ1) is 19.6. The lowest BCUT2D eigenvalue weighted by atomic mass is 9.81. The van der Waals surface area contributed by atoms with Crippen molar-refractivity contribution in [1.82, 2.24) is 24.6 Å². The normalized spacial score (nSPS) is 23.7. The first-order valence-corrected chi connectivity index (χ1v) is 10.8. The SMILES string of the molecule is N#Cc1cnc2ccn(C[C@H]3CC[C@H](C(=O)N4OCC[C@H]4c4cnccn4)CC3)c2c1. The number of nitrogens with zero attached hydrogens (tertiary/aromatic N) is 6. The van der Waals surface area contributed by atoms with Crippen LogP contribution in [0.25, 0.3) is 11.0 Å². The maximum atomic E-state index is 13.2. The maximum Gasteiger partial charge on any atom is 0.249 e. The van der Waals surface area contributed by atoms with Crippen molar-refractivity contribution in [1.29, 1.82) is 5.26 Å². The Morgan fingerprint density at radius 2 is 2.03 bits per heavy atom. The molecule has 1 saturated heterocycles. The van der Waals surface area contributed by atoms with E-state index in [1.165, 1.54) is 0 Å². The predicted molar refractivity (Wildman–Crippen MR) is 112 cm³/mol. The van der Waals surface area contributed by atoms with Crippen LogP contribution in [0.1, 0.15) is 49.4 Å². The van der Waals surface area contributed by atoms with E-state index in [1.54, 1.807) is 29.9 Å². The van der Waals surface area contributed by atoms with Crippen LogP contribution in [0.5, 0.6) is 0 Å². The standard InChI is InChI=1S/C23H24N6O2/c24-12-17-11-22-19(27-13-17)5-9-28(22)15-16-1-3-18(4-2-16)23(30)29-21(6-10-31-29)20-14-25-7-8-26-20/h5,7-9,11,13-14,16,18,21H,1-4,6,10,15H2/t16-,18-,21-/m0/s1. The van der Waals surface area contributed by atoms with Gasteiger partial charge in [-0.25, -0.2) is 5.06 Å². The number of rotatable bonds is 4. The van der Waals surface area contributed by atoms with Crippen LogP contribution >= 0.6 is 0 Å². The minimum absolute atomic E-state index is 0.0122. The highest BCUT2D eigenvalue weighted by Crippen LogP contribution is 2.36. The second-order valence-electron chi connectivity index (χ2n) is 8.36. The van der Waals surface area contributed by atoms with Crippen LogP contribution in [0, 0.1) is 23.2 Å². The van der Waals surface area contributed by atoms with Crippen LogP contribution in [-0.4, -0.2) is 37.1 Å². The van der Waals surface area contributed by atoms with E-state index >= 15 is 0 Å². The molecule has 0 unspecified atom stereocenters. The van der Waals surface area contributed by atoms with Crippen LogP contribution < -0.4 is 0 Å². The van der Waals surface area contributed by atoms with E-state index in [0.29, 0.717) is 18.1 Å². The first-order valence-electron chi connectivity index (χ1n) is 10.8. The number of hydrogen-bond donors (Lipinski definition) is 0. The molecule has 5 rings (SSSR count). The minimum Gasteiger partial charge on any atom is -0.346 e. The predicted octanol–water partition coefficient (Wildman–Crippen LogP) is 3.41. The molecule has 2 aliphatic rings. The molecule has 2 fully saturated rings. The first-order chi connectivity index (χ1) is 15.2. The monoisotopic (exact) mass is 416 g/mol. The molecule has 158 valence electrons. The van der Waals surface area contributed by atoms with Gasteiger partial charge in [0.05, 0.1) is 35.1 Å². The number of hydrogen-bond acceptors (Lipinski definition) is 6. The Hall–Kier alpha value is -3.31. The zero-order valence-electron chi connectivity index (χ0n) is 17.2. The molecule has 8 nitrogen and oxygen atoms in total. The van der Waals surface area contributed by atoms with Crippen LogP contribution in [0.3, 0.4) is 0 Å². The molecule has 1 aliphatic carbocycles. The van der Waals surface area contributed by atoms with Gasteiger partial charge in [-0.15, -0.1) is 0 Å². The molecule has 4 heterocycles. The Bertz CT molecular complexity index is 1110. The van der Waals surface area contributed by atoms with Crippen LogP contribution in [0.2, 0.25) is 0 Å². The third-order valence-corrected chi connectivity index (χ3v) is 6.45. The van der Waals surface area contributed by atoms with Crippen molar-refractivity contribution >= 4 is 16.9 Å². The molecule has 0 spiro atoms. The van der Waals surface area contributed by atoms with Crippen LogP contribution in [-0.2, 0) is 16.2 Å². The Labute approximate surface area is 180 Å². The van der Waals surface area contributed by atoms with Gasteiger partial charge in [0.1, 0.15) is 12.1 Å². The van der Waals surface area contributed by atoms with Gasteiger partial charge in [0.2, 0.25) is 5.91 Å². The molecule has 31 heavy (non-hydrogen) atoms. The maximum absolute atomic E-state index is 13.2. The molecule has 1 aliphatic heterocycles. The molecule has 0 bridgehead atoms. The zero-order valence-corrected chi connectivity index (χ0v) is 17.2. The summed E-state index contributed by atoms with van der Waals surface area (Å²) in [5.74, 6) is 0.559. The van der Waals surface area contributed by atoms with Gasteiger partial charge in [0, 0.05) is 43.7 Å². The summed E-state index contributed by atoms with van der Waals surface area (Å²) < 4.78 is 2.18. The van der Waals surface area contributed by atoms with Crippen molar-refractivity contribution in [2.24, 2.45) is 11.8 Å². The summed E-state index contributed by atoms with van der Waals surface area (Å²) in [7, 11) is 0. The van der Waals surface area contributed by atoms with Crippen molar-refractivity contribution in [2.75, 3.05) is 6.61 Å². The number of carbonyl (C=O) groups excluding carboxylic acids is 1. The lowest BCUT2D eigenvalue weighted by Gasteiger charge is -2.32. The fourth-order valence-corrected chi connectivity index (χ4v) is 4.77. The highest BCUT2D eigenvalue weighted by Gasteiger charge is 2.38. The molecule has 3 aromatic rings. The fraction of sp³-hybridized carbons (Fsp3) is 0.435. The van der Waals surface area contributed by atoms with Gasteiger partial charge in [-0.3, -0.25) is 24.6 Å². The molecular formula is C23H24N6O2. The number of carbonyl (C=O) groups is 1. The van der Waals surface area contributed by atoms with Crippen molar-refractivity contribution in [3.8, 4) is 6.07 Å². The highest BCUT2D eigenvalue weighted by molar-refractivity contribution is 5.78. The molecule has 1 saturated carbocycles. The van der Waals surface area contributed by atoms with Crippen molar-refractivity contribution in [3.05, 3.63) is 54.4 Å². The summed E-state index contributed by atoms with van der Waals surface area (Å²) in [6.45, 7) is 1.41. The molecular weight excluding hydrogens is 392 g/mol. The van der Waals surface area contributed by atoms with Crippen molar-refractivity contribution in [3.63, 3.8) is 0 Å². The Morgan fingerprint density at radius 3 is 2.81 bits per heavy atom. The lowest BCUT2D eigenvalue weighted by Crippen LogP contribution is -2.37. The number of hydroxylamine groups is 2. The molecule has 1 amide bonds. The fourth-order valence-electron chi connectivity index (χ4n) is 4.77. The summed E-state index contributed by atoms with van der Waals surface area (Å²) in [4.78, 5) is 31.7. The summed E-state index contributed by atoms with van der Waals surface area (Å²) >= 11 is 0. The summed E-state index contributed by atoms with van der Waals surface area (Å²) in [5.41, 5.74) is 3.26. The minimum atomic E-state index is -0.146. The molecule has 0 radical (unpaired) electrons. The van der Waals surface area contributed by atoms with Gasteiger partial charge in [-0.1, -0.05) is 0 Å². The van der Waals surface area contributed by atoms with Gasteiger partial charge in [0.25, 0.3) is 0 Å². The third-order valence-electron chi connectivity index (χ3n) is 6.45.